The Morgan fingerprint density at radius 3 is 3.00 bits per heavy atom. The summed E-state index contributed by atoms with van der Waals surface area (Å²) in [6, 6.07) is 0. The average molecular weight is 111 g/mol. The number of hydrogen-bond donors (Lipinski definition) is 0. The van der Waals surface area contributed by atoms with Crippen molar-refractivity contribution in [1.82, 2.24) is 10.2 Å². The lowest BCUT2D eigenvalue weighted by Crippen LogP contribution is -2.31. The van der Waals surface area contributed by atoms with Crippen LogP contribution in [0.1, 0.15) is 6.92 Å². The van der Waals surface area contributed by atoms with E-state index in [4.69, 9.17) is 0 Å². The summed E-state index contributed by atoms with van der Waals surface area (Å²) >= 11 is 0. The second-order valence-electron chi connectivity index (χ2n) is 1.88. The molecular formula is C6H11N2. The van der Waals surface area contributed by atoms with E-state index in [-0.39, 0.29) is 0 Å². The molecule has 1 aliphatic heterocycles. The molecule has 1 aliphatic rings. The zero-order valence-electron chi connectivity index (χ0n) is 5.17. The SMILES string of the molecule is CCN1CC=C[N]C1. The van der Waals surface area contributed by atoms with Crippen LogP contribution in [0.3, 0.4) is 0 Å². The molecule has 0 aromatic heterocycles. The molecule has 0 aliphatic carbocycles. The van der Waals surface area contributed by atoms with Gasteiger partial charge in [-0.15, -0.1) is 0 Å². The molecule has 0 N–H and O–H groups in total. The molecule has 2 heteroatoms. The second-order valence-corrected chi connectivity index (χ2v) is 1.88. The van der Waals surface area contributed by atoms with E-state index in [1.807, 2.05) is 6.20 Å². The van der Waals surface area contributed by atoms with E-state index in [0.29, 0.717) is 0 Å². The van der Waals surface area contributed by atoms with E-state index < -0.39 is 0 Å². The molecule has 0 saturated carbocycles. The first-order valence-electron chi connectivity index (χ1n) is 2.97. The number of nitrogens with zero attached hydrogens (tertiary/aromatic N) is 2. The second kappa shape index (κ2) is 2.72. The lowest BCUT2D eigenvalue weighted by atomic mass is 10.4. The fourth-order valence-electron chi connectivity index (χ4n) is 0.720. The fraction of sp³-hybridized carbons (Fsp3) is 0.667. The summed E-state index contributed by atoms with van der Waals surface area (Å²) in [7, 11) is 0. The monoisotopic (exact) mass is 111 g/mol. The maximum absolute atomic E-state index is 4.07. The Morgan fingerprint density at radius 2 is 2.62 bits per heavy atom. The summed E-state index contributed by atoms with van der Waals surface area (Å²) in [4.78, 5) is 2.26. The molecule has 8 heavy (non-hydrogen) atoms. The smallest absolute Gasteiger partial charge is 0.0911 e. The van der Waals surface area contributed by atoms with Crippen LogP contribution in [0.4, 0.5) is 0 Å². The minimum absolute atomic E-state index is 0.882. The molecule has 0 unspecified atom stereocenters. The number of hydrogen-bond acceptors (Lipinski definition) is 1. The molecule has 1 rings (SSSR count). The van der Waals surface area contributed by atoms with Crippen molar-refractivity contribution >= 4 is 0 Å². The van der Waals surface area contributed by atoms with Gasteiger partial charge in [0.05, 0.1) is 6.67 Å². The first kappa shape index (κ1) is 5.63. The first-order valence-corrected chi connectivity index (χ1v) is 2.97. The van der Waals surface area contributed by atoms with E-state index in [9.17, 15) is 0 Å². The number of rotatable bonds is 1. The van der Waals surface area contributed by atoms with Gasteiger partial charge >= 0.3 is 0 Å². The van der Waals surface area contributed by atoms with Crippen molar-refractivity contribution in [2.75, 3.05) is 19.8 Å². The van der Waals surface area contributed by atoms with Gasteiger partial charge in [-0.2, -0.15) is 0 Å². The van der Waals surface area contributed by atoms with Crippen LogP contribution in [0, 0.1) is 0 Å². The highest BCUT2D eigenvalue weighted by Gasteiger charge is 2.00. The van der Waals surface area contributed by atoms with Crippen molar-refractivity contribution in [1.29, 1.82) is 0 Å². The molecule has 0 atom stereocenters. The molecular weight excluding hydrogens is 100 g/mol. The van der Waals surface area contributed by atoms with Gasteiger partial charge in [-0.1, -0.05) is 13.0 Å². The molecule has 0 aromatic rings. The molecule has 0 fully saturated rings. The van der Waals surface area contributed by atoms with Gasteiger partial charge in [0.25, 0.3) is 0 Å². The highest BCUT2D eigenvalue weighted by molar-refractivity contribution is 4.86. The molecule has 0 saturated heterocycles. The van der Waals surface area contributed by atoms with Gasteiger partial charge in [0.1, 0.15) is 0 Å². The third-order valence-corrected chi connectivity index (χ3v) is 1.30. The Bertz CT molecular complexity index is 88.5. The van der Waals surface area contributed by atoms with Crippen LogP contribution >= 0.6 is 0 Å². The van der Waals surface area contributed by atoms with E-state index in [0.717, 1.165) is 19.8 Å². The summed E-state index contributed by atoms with van der Waals surface area (Å²) in [5, 5.41) is 4.07. The van der Waals surface area contributed by atoms with Crippen LogP contribution in [0.25, 0.3) is 0 Å². The molecule has 0 spiro atoms. The van der Waals surface area contributed by atoms with Gasteiger partial charge in [-0.3, -0.25) is 10.2 Å². The van der Waals surface area contributed by atoms with Crippen LogP contribution < -0.4 is 5.32 Å². The molecule has 0 aromatic carbocycles. The third-order valence-electron chi connectivity index (χ3n) is 1.30. The quantitative estimate of drug-likeness (QED) is 0.478. The van der Waals surface area contributed by atoms with Crippen LogP contribution in [0.2, 0.25) is 0 Å². The number of likely N-dealkylation sites (N-methyl/N-ethyl adjacent to an activating group) is 1. The van der Waals surface area contributed by atoms with Gasteiger partial charge in [-0.25, -0.2) is 0 Å². The Labute approximate surface area is 50.2 Å². The molecule has 1 heterocycles. The largest absolute Gasteiger partial charge is 0.281 e. The first-order chi connectivity index (χ1) is 3.93. The maximum Gasteiger partial charge on any atom is 0.0911 e. The van der Waals surface area contributed by atoms with Crippen LogP contribution in [-0.2, 0) is 0 Å². The van der Waals surface area contributed by atoms with Crippen molar-refractivity contribution in [3.8, 4) is 0 Å². The van der Waals surface area contributed by atoms with E-state index in [2.05, 4.69) is 23.2 Å². The standard InChI is InChI=1S/C6H11N2/c1-2-8-5-3-4-7-6-8/h3-4H,2,5-6H2,1H3. The van der Waals surface area contributed by atoms with E-state index in [1.54, 1.807) is 0 Å². The predicted octanol–water partition coefficient (Wildman–Crippen LogP) is 0.397. The van der Waals surface area contributed by atoms with Crippen molar-refractivity contribution in [2.24, 2.45) is 0 Å². The van der Waals surface area contributed by atoms with Gasteiger partial charge in [0.2, 0.25) is 0 Å². The van der Waals surface area contributed by atoms with Gasteiger partial charge < -0.3 is 0 Å². The van der Waals surface area contributed by atoms with E-state index >= 15 is 0 Å². The van der Waals surface area contributed by atoms with Gasteiger partial charge in [0, 0.05) is 12.7 Å². The summed E-state index contributed by atoms with van der Waals surface area (Å²) in [6.45, 7) is 5.20. The summed E-state index contributed by atoms with van der Waals surface area (Å²) in [6.07, 6.45) is 3.96. The van der Waals surface area contributed by atoms with Crippen LogP contribution in [0.5, 0.6) is 0 Å². The summed E-state index contributed by atoms with van der Waals surface area (Å²) in [5.41, 5.74) is 0. The molecule has 1 radical (unpaired) electrons. The molecule has 0 bridgehead atoms. The lowest BCUT2D eigenvalue weighted by Gasteiger charge is -2.19. The van der Waals surface area contributed by atoms with Crippen molar-refractivity contribution < 1.29 is 0 Å². The summed E-state index contributed by atoms with van der Waals surface area (Å²) < 4.78 is 0. The maximum atomic E-state index is 4.07. The minimum Gasteiger partial charge on any atom is -0.281 e. The minimum atomic E-state index is 0.882. The summed E-state index contributed by atoms with van der Waals surface area (Å²) in [5.74, 6) is 0. The third kappa shape index (κ3) is 1.23. The Kier molecular flexibility index (Phi) is 1.92. The van der Waals surface area contributed by atoms with Gasteiger partial charge in [-0.05, 0) is 6.54 Å². The average Bonchev–Trinajstić information content (AvgIpc) is 1.90. The molecule has 0 amide bonds. The van der Waals surface area contributed by atoms with Crippen molar-refractivity contribution in [2.45, 2.75) is 6.92 Å². The lowest BCUT2D eigenvalue weighted by molar-refractivity contribution is 0.293. The Morgan fingerprint density at radius 1 is 1.75 bits per heavy atom. The highest BCUT2D eigenvalue weighted by Crippen LogP contribution is 1.90. The molecule has 45 valence electrons. The molecule has 2 nitrogen and oxygen atoms in total. The highest BCUT2D eigenvalue weighted by atomic mass is 15.2. The Balaban J connectivity index is 2.27. The Hall–Kier alpha value is -0.500. The fourth-order valence-corrected chi connectivity index (χ4v) is 0.720. The predicted molar refractivity (Wildman–Crippen MR) is 33.4 cm³/mol. The van der Waals surface area contributed by atoms with Crippen LogP contribution in [-0.4, -0.2) is 24.7 Å². The van der Waals surface area contributed by atoms with Crippen LogP contribution in [0.15, 0.2) is 12.3 Å². The van der Waals surface area contributed by atoms with Crippen molar-refractivity contribution in [3.63, 3.8) is 0 Å². The van der Waals surface area contributed by atoms with E-state index in [1.165, 1.54) is 0 Å². The van der Waals surface area contributed by atoms with Gasteiger partial charge in [0.15, 0.2) is 0 Å². The zero-order valence-corrected chi connectivity index (χ0v) is 5.17. The van der Waals surface area contributed by atoms with Crippen molar-refractivity contribution in [3.05, 3.63) is 12.3 Å². The topological polar surface area (TPSA) is 17.3 Å². The zero-order chi connectivity index (χ0) is 5.82. The normalized spacial score (nSPS) is 20.6.